The fraction of sp³-hybridized carbons (Fsp3) is 0.786. The molecule has 1 aliphatic rings. The van der Waals surface area contributed by atoms with Gasteiger partial charge in [0.1, 0.15) is 0 Å². The molecule has 0 aliphatic heterocycles. The van der Waals surface area contributed by atoms with E-state index >= 15 is 0 Å². The van der Waals surface area contributed by atoms with Gasteiger partial charge in [-0.1, -0.05) is 13.3 Å². The van der Waals surface area contributed by atoms with Crippen LogP contribution >= 0.6 is 0 Å². The second-order valence-electron chi connectivity index (χ2n) is 5.81. The van der Waals surface area contributed by atoms with Crippen LogP contribution in [0, 0.1) is 5.41 Å². The average Bonchev–Trinajstić information content (AvgIpc) is 3.17. The van der Waals surface area contributed by atoms with E-state index in [1.807, 2.05) is 25.9 Å². The minimum atomic E-state index is 0.484. The minimum Gasteiger partial charge on any atom is -0.354 e. The number of hydrogen-bond donors (Lipinski definition) is 2. The summed E-state index contributed by atoms with van der Waals surface area (Å²) in [6, 6.07) is 0. The molecule has 20 heavy (non-hydrogen) atoms. The van der Waals surface area contributed by atoms with E-state index in [1.165, 1.54) is 25.7 Å². The van der Waals surface area contributed by atoms with Gasteiger partial charge in [-0.3, -0.25) is 0 Å². The standard InChI is InChI=1S/C14H26N6/c1-5-7-14(8-9-14)10-16-12-17-11(15-6-2)18-13(19-12)20(3)4/h5-10H2,1-4H3,(H2,15,16,17,18,19). The highest BCUT2D eigenvalue weighted by atomic mass is 15.3. The Morgan fingerprint density at radius 2 is 1.70 bits per heavy atom. The molecule has 0 amide bonds. The lowest BCUT2D eigenvalue weighted by atomic mass is 10.0. The summed E-state index contributed by atoms with van der Waals surface area (Å²) in [5.41, 5.74) is 0.484. The number of nitrogens with one attached hydrogen (secondary N) is 2. The van der Waals surface area contributed by atoms with Crippen LogP contribution in [0.25, 0.3) is 0 Å². The summed E-state index contributed by atoms with van der Waals surface area (Å²) < 4.78 is 0. The maximum atomic E-state index is 4.46. The Morgan fingerprint density at radius 3 is 2.20 bits per heavy atom. The highest BCUT2D eigenvalue weighted by molar-refractivity contribution is 5.43. The highest BCUT2D eigenvalue weighted by Gasteiger charge is 2.41. The molecule has 1 aliphatic carbocycles. The smallest absolute Gasteiger partial charge is 0.231 e. The largest absolute Gasteiger partial charge is 0.354 e. The van der Waals surface area contributed by atoms with Gasteiger partial charge in [-0.05, 0) is 31.6 Å². The molecule has 1 aromatic rings. The maximum Gasteiger partial charge on any atom is 0.231 e. The first kappa shape index (κ1) is 14.8. The van der Waals surface area contributed by atoms with E-state index in [0.29, 0.717) is 23.3 Å². The van der Waals surface area contributed by atoms with Crippen LogP contribution in [0.5, 0.6) is 0 Å². The quantitative estimate of drug-likeness (QED) is 0.761. The molecule has 0 aromatic carbocycles. The van der Waals surface area contributed by atoms with Gasteiger partial charge in [-0.15, -0.1) is 0 Å². The molecule has 1 heterocycles. The number of aromatic nitrogens is 3. The molecule has 0 saturated heterocycles. The van der Waals surface area contributed by atoms with E-state index in [0.717, 1.165) is 13.1 Å². The summed E-state index contributed by atoms with van der Waals surface area (Å²) >= 11 is 0. The fourth-order valence-electron chi connectivity index (χ4n) is 2.37. The average molecular weight is 278 g/mol. The normalized spacial score (nSPS) is 15.8. The van der Waals surface area contributed by atoms with Crippen molar-refractivity contribution in [2.45, 2.75) is 39.5 Å². The monoisotopic (exact) mass is 278 g/mol. The van der Waals surface area contributed by atoms with Gasteiger partial charge in [0.2, 0.25) is 17.8 Å². The molecule has 2 N–H and O–H groups in total. The highest BCUT2D eigenvalue weighted by Crippen LogP contribution is 2.49. The van der Waals surface area contributed by atoms with Gasteiger partial charge in [0.15, 0.2) is 0 Å². The first-order chi connectivity index (χ1) is 9.58. The zero-order valence-electron chi connectivity index (χ0n) is 13.0. The van der Waals surface area contributed by atoms with Crippen molar-refractivity contribution >= 4 is 17.8 Å². The van der Waals surface area contributed by atoms with Gasteiger partial charge in [0.05, 0.1) is 0 Å². The summed E-state index contributed by atoms with van der Waals surface area (Å²) in [5, 5.41) is 6.55. The molecule has 112 valence electrons. The van der Waals surface area contributed by atoms with Gasteiger partial charge in [-0.2, -0.15) is 15.0 Å². The summed E-state index contributed by atoms with van der Waals surface area (Å²) in [6.45, 7) is 6.04. The van der Waals surface area contributed by atoms with E-state index < -0.39 is 0 Å². The number of rotatable bonds is 8. The number of anilines is 3. The molecule has 6 nitrogen and oxygen atoms in total. The second-order valence-corrected chi connectivity index (χ2v) is 5.81. The predicted octanol–water partition coefficient (Wildman–Crippen LogP) is 2.36. The van der Waals surface area contributed by atoms with Crippen molar-refractivity contribution < 1.29 is 0 Å². The first-order valence-electron chi connectivity index (χ1n) is 7.50. The van der Waals surface area contributed by atoms with Crippen LogP contribution in [0.3, 0.4) is 0 Å². The van der Waals surface area contributed by atoms with Gasteiger partial charge in [0, 0.05) is 27.2 Å². The number of nitrogens with zero attached hydrogens (tertiary/aromatic N) is 4. The van der Waals surface area contributed by atoms with Crippen LogP contribution in [0.1, 0.15) is 39.5 Å². The van der Waals surface area contributed by atoms with Gasteiger partial charge in [-0.25, -0.2) is 0 Å². The van der Waals surface area contributed by atoms with Crippen LogP contribution in [0.2, 0.25) is 0 Å². The summed E-state index contributed by atoms with van der Waals surface area (Å²) in [6.07, 6.45) is 5.16. The van der Waals surface area contributed by atoms with Crippen molar-refractivity contribution in [2.24, 2.45) is 5.41 Å². The molecule has 0 radical (unpaired) electrons. The molecule has 0 bridgehead atoms. The Kier molecular flexibility index (Phi) is 4.62. The van der Waals surface area contributed by atoms with Crippen molar-refractivity contribution in [2.75, 3.05) is 42.7 Å². The van der Waals surface area contributed by atoms with Crippen molar-refractivity contribution in [1.29, 1.82) is 0 Å². The number of hydrogen-bond acceptors (Lipinski definition) is 6. The van der Waals surface area contributed by atoms with E-state index in [4.69, 9.17) is 0 Å². The Labute approximate surface area is 121 Å². The molecule has 0 spiro atoms. The Bertz CT molecular complexity index is 441. The molecule has 0 atom stereocenters. The molecule has 1 fully saturated rings. The molecular weight excluding hydrogens is 252 g/mol. The van der Waals surface area contributed by atoms with Crippen LogP contribution in [-0.4, -0.2) is 42.1 Å². The molecular formula is C14H26N6. The molecule has 1 saturated carbocycles. The molecule has 6 heteroatoms. The lowest BCUT2D eigenvalue weighted by molar-refractivity contribution is 0.484. The Morgan fingerprint density at radius 1 is 1.05 bits per heavy atom. The van der Waals surface area contributed by atoms with Crippen LogP contribution in [0.4, 0.5) is 17.8 Å². The first-order valence-corrected chi connectivity index (χ1v) is 7.50. The predicted molar refractivity (Wildman–Crippen MR) is 83.4 cm³/mol. The van der Waals surface area contributed by atoms with E-state index in [-0.39, 0.29) is 0 Å². The zero-order valence-corrected chi connectivity index (χ0v) is 13.0. The maximum absolute atomic E-state index is 4.46. The second kappa shape index (κ2) is 6.24. The lowest BCUT2D eigenvalue weighted by Gasteiger charge is -2.17. The zero-order chi connectivity index (χ0) is 14.6. The van der Waals surface area contributed by atoms with Gasteiger partial charge >= 0.3 is 0 Å². The Hall–Kier alpha value is -1.59. The molecule has 1 aromatic heterocycles. The van der Waals surface area contributed by atoms with Crippen molar-refractivity contribution in [3.05, 3.63) is 0 Å². The Balaban J connectivity index is 2.06. The van der Waals surface area contributed by atoms with E-state index in [2.05, 4.69) is 32.5 Å². The van der Waals surface area contributed by atoms with Gasteiger partial charge < -0.3 is 15.5 Å². The summed E-state index contributed by atoms with van der Waals surface area (Å²) in [5.74, 6) is 1.98. The van der Waals surface area contributed by atoms with Crippen molar-refractivity contribution in [3.63, 3.8) is 0 Å². The third kappa shape index (κ3) is 3.71. The van der Waals surface area contributed by atoms with Gasteiger partial charge in [0.25, 0.3) is 0 Å². The van der Waals surface area contributed by atoms with E-state index in [1.54, 1.807) is 0 Å². The van der Waals surface area contributed by atoms with Crippen molar-refractivity contribution in [1.82, 2.24) is 15.0 Å². The summed E-state index contributed by atoms with van der Waals surface area (Å²) in [4.78, 5) is 15.2. The molecule has 2 rings (SSSR count). The lowest BCUT2D eigenvalue weighted by Crippen LogP contribution is -2.20. The van der Waals surface area contributed by atoms with Crippen LogP contribution in [0.15, 0.2) is 0 Å². The third-order valence-corrected chi connectivity index (χ3v) is 3.72. The third-order valence-electron chi connectivity index (χ3n) is 3.72. The minimum absolute atomic E-state index is 0.484. The van der Waals surface area contributed by atoms with Crippen molar-refractivity contribution in [3.8, 4) is 0 Å². The SMILES string of the molecule is CCCC1(CNc2nc(NCC)nc(N(C)C)n2)CC1. The fourth-order valence-corrected chi connectivity index (χ4v) is 2.37. The molecule has 0 unspecified atom stereocenters. The van der Waals surface area contributed by atoms with E-state index in [9.17, 15) is 0 Å². The van der Waals surface area contributed by atoms with Crippen LogP contribution in [-0.2, 0) is 0 Å². The van der Waals surface area contributed by atoms with Crippen LogP contribution < -0.4 is 15.5 Å². The topological polar surface area (TPSA) is 66.0 Å². The summed E-state index contributed by atoms with van der Waals surface area (Å²) in [7, 11) is 3.88.